The van der Waals surface area contributed by atoms with Crippen molar-refractivity contribution in [1.82, 2.24) is 5.32 Å². The number of hydrogen-bond acceptors (Lipinski definition) is 6. The molecular weight excluding hydrogens is 404 g/mol. The number of unbranched alkanes of at least 4 members (excludes halogenated alkanes) is 1. The molecule has 0 aliphatic rings. The molecule has 0 spiro atoms. The largest absolute Gasteiger partial charge is 0.462 e. The molecule has 0 saturated carbocycles. The standard InChI is InChI=1S/C22H26N2O5S/c1-2-3-14-29-22(28)16-6-8-17(9-7-16)24-21(27)12-13-23-20(26)11-10-18(25)19-5-4-15-30-19/h4-9,15H,2-3,10-14H2,1H3,(H,23,26)(H,24,27). The lowest BCUT2D eigenvalue weighted by Gasteiger charge is -2.08. The van der Waals surface area contributed by atoms with Crippen molar-refractivity contribution in [2.24, 2.45) is 0 Å². The SMILES string of the molecule is CCCCOC(=O)c1ccc(NC(=O)CCNC(=O)CCC(=O)c2cccs2)cc1. The van der Waals surface area contributed by atoms with Gasteiger partial charge in [-0.15, -0.1) is 11.3 Å². The van der Waals surface area contributed by atoms with Crippen LogP contribution in [0.4, 0.5) is 5.69 Å². The lowest BCUT2D eigenvalue weighted by molar-refractivity contribution is -0.121. The third-order valence-corrected chi connectivity index (χ3v) is 5.10. The summed E-state index contributed by atoms with van der Waals surface area (Å²) in [7, 11) is 0. The van der Waals surface area contributed by atoms with Crippen LogP contribution < -0.4 is 10.6 Å². The summed E-state index contributed by atoms with van der Waals surface area (Å²) in [6.45, 7) is 2.59. The molecule has 1 aromatic heterocycles. The molecule has 2 rings (SSSR count). The number of anilines is 1. The molecule has 1 aromatic carbocycles. The Labute approximate surface area is 179 Å². The number of amides is 2. The van der Waals surface area contributed by atoms with Gasteiger partial charge in [-0.2, -0.15) is 0 Å². The van der Waals surface area contributed by atoms with E-state index < -0.39 is 0 Å². The van der Waals surface area contributed by atoms with E-state index in [9.17, 15) is 19.2 Å². The van der Waals surface area contributed by atoms with E-state index in [4.69, 9.17) is 4.74 Å². The van der Waals surface area contributed by atoms with Crippen molar-refractivity contribution in [2.75, 3.05) is 18.5 Å². The second kappa shape index (κ2) is 12.5. The second-order valence-corrected chi connectivity index (χ2v) is 7.56. The highest BCUT2D eigenvalue weighted by molar-refractivity contribution is 7.12. The Morgan fingerprint density at radius 3 is 2.40 bits per heavy atom. The summed E-state index contributed by atoms with van der Waals surface area (Å²) >= 11 is 1.35. The van der Waals surface area contributed by atoms with E-state index in [1.54, 1.807) is 36.4 Å². The Kier molecular flexibility index (Phi) is 9.73. The van der Waals surface area contributed by atoms with Crippen LogP contribution in [0.5, 0.6) is 0 Å². The molecule has 0 aliphatic heterocycles. The van der Waals surface area contributed by atoms with Gasteiger partial charge < -0.3 is 15.4 Å². The third kappa shape index (κ3) is 8.16. The summed E-state index contributed by atoms with van der Waals surface area (Å²) in [4.78, 5) is 48.2. The van der Waals surface area contributed by atoms with Gasteiger partial charge in [0.1, 0.15) is 0 Å². The van der Waals surface area contributed by atoms with Crippen LogP contribution in [0.1, 0.15) is 59.1 Å². The molecular formula is C22H26N2O5S. The number of ether oxygens (including phenoxy) is 1. The molecule has 0 radical (unpaired) electrons. The number of thiophene rings is 1. The van der Waals surface area contributed by atoms with E-state index >= 15 is 0 Å². The van der Waals surface area contributed by atoms with Gasteiger partial charge in [-0.25, -0.2) is 4.79 Å². The Morgan fingerprint density at radius 1 is 0.967 bits per heavy atom. The summed E-state index contributed by atoms with van der Waals surface area (Å²) < 4.78 is 5.13. The topological polar surface area (TPSA) is 102 Å². The number of hydrogen-bond donors (Lipinski definition) is 2. The van der Waals surface area contributed by atoms with Gasteiger partial charge in [-0.1, -0.05) is 19.4 Å². The van der Waals surface area contributed by atoms with Crippen molar-refractivity contribution < 1.29 is 23.9 Å². The highest BCUT2D eigenvalue weighted by Gasteiger charge is 2.11. The van der Waals surface area contributed by atoms with E-state index in [0.29, 0.717) is 22.7 Å². The van der Waals surface area contributed by atoms with E-state index in [-0.39, 0.29) is 49.4 Å². The maximum atomic E-state index is 12.0. The molecule has 0 bridgehead atoms. The van der Waals surface area contributed by atoms with E-state index in [1.807, 2.05) is 12.3 Å². The monoisotopic (exact) mass is 430 g/mol. The molecule has 8 heteroatoms. The summed E-state index contributed by atoms with van der Waals surface area (Å²) in [5.74, 6) is -0.973. The zero-order chi connectivity index (χ0) is 21.8. The molecule has 2 N–H and O–H groups in total. The first-order chi connectivity index (χ1) is 14.5. The first-order valence-corrected chi connectivity index (χ1v) is 10.8. The molecule has 0 saturated heterocycles. The van der Waals surface area contributed by atoms with Gasteiger partial charge in [-0.3, -0.25) is 14.4 Å². The van der Waals surface area contributed by atoms with Gasteiger partial charge in [0.2, 0.25) is 11.8 Å². The third-order valence-electron chi connectivity index (χ3n) is 4.18. The van der Waals surface area contributed by atoms with Crippen LogP contribution in [0, 0.1) is 0 Å². The Hall–Kier alpha value is -3.00. The number of nitrogens with one attached hydrogen (secondary N) is 2. The molecule has 0 unspecified atom stereocenters. The molecule has 0 atom stereocenters. The van der Waals surface area contributed by atoms with Crippen LogP contribution in [0.2, 0.25) is 0 Å². The average Bonchev–Trinajstić information content (AvgIpc) is 3.27. The lowest BCUT2D eigenvalue weighted by atomic mass is 10.2. The van der Waals surface area contributed by atoms with E-state index in [1.165, 1.54) is 11.3 Å². The van der Waals surface area contributed by atoms with Crippen LogP contribution in [0.15, 0.2) is 41.8 Å². The molecule has 0 fully saturated rings. The van der Waals surface area contributed by atoms with Gasteiger partial charge in [0.25, 0.3) is 0 Å². The highest BCUT2D eigenvalue weighted by atomic mass is 32.1. The van der Waals surface area contributed by atoms with Gasteiger partial charge in [0, 0.05) is 31.5 Å². The van der Waals surface area contributed by atoms with Crippen LogP contribution in [0.25, 0.3) is 0 Å². The quantitative estimate of drug-likeness (QED) is 0.303. The van der Waals surface area contributed by atoms with Crippen LogP contribution in [-0.4, -0.2) is 36.7 Å². The van der Waals surface area contributed by atoms with Crippen molar-refractivity contribution in [1.29, 1.82) is 0 Å². The molecule has 2 amide bonds. The number of ketones is 1. The highest BCUT2D eigenvalue weighted by Crippen LogP contribution is 2.13. The van der Waals surface area contributed by atoms with Crippen LogP contribution in [0.3, 0.4) is 0 Å². The number of esters is 1. The Bertz CT molecular complexity index is 847. The lowest BCUT2D eigenvalue weighted by Crippen LogP contribution is -2.27. The fourth-order valence-corrected chi connectivity index (χ4v) is 3.19. The summed E-state index contributed by atoms with van der Waals surface area (Å²) in [5.41, 5.74) is 0.978. The minimum atomic E-state index is -0.387. The van der Waals surface area contributed by atoms with E-state index in [2.05, 4.69) is 10.6 Å². The fourth-order valence-electron chi connectivity index (χ4n) is 2.50. The summed E-state index contributed by atoms with van der Waals surface area (Å²) in [6, 6.07) is 9.97. The van der Waals surface area contributed by atoms with Crippen molar-refractivity contribution in [3.8, 4) is 0 Å². The summed E-state index contributed by atoms with van der Waals surface area (Å²) in [5, 5.41) is 7.16. The maximum Gasteiger partial charge on any atom is 0.338 e. The number of carbonyl (C=O) groups is 4. The molecule has 30 heavy (non-hydrogen) atoms. The fraction of sp³-hybridized carbons (Fsp3) is 0.364. The number of carbonyl (C=O) groups excluding carboxylic acids is 4. The van der Waals surface area contributed by atoms with Gasteiger partial charge in [0.15, 0.2) is 5.78 Å². The first-order valence-electron chi connectivity index (χ1n) is 9.90. The maximum absolute atomic E-state index is 12.0. The number of Topliss-reactive ketones (excluding diaryl/α,β-unsaturated/α-hetero) is 1. The molecule has 0 aliphatic carbocycles. The zero-order valence-corrected chi connectivity index (χ0v) is 17.8. The predicted octanol–water partition coefficient (Wildman–Crippen LogP) is 3.81. The zero-order valence-electron chi connectivity index (χ0n) is 16.9. The molecule has 7 nitrogen and oxygen atoms in total. The Balaban J connectivity index is 1.64. The normalized spacial score (nSPS) is 10.3. The Morgan fingerprint density at radius 2 is 1.73 bits per heavy atom. The van der Waals surface area contributed by atoms with Crippen molar-refractivity contribution in [2.45, 2.75) is 39.0 Å². The number of benzene rings is 1. The minimum absolute atomic E-state index is 0.0596. The average molecular weight is 431 g/mol. The molecule has 1 heterocycles. The minimum Gasteiger partial charge on any atom is -0.462 e. The van der Waals surface area contributed by atoms with Gasteiger partial charge >= 0.3 is 5.97 Å². The van der Waals surface area contributed by atoms with Gasteiger partial charge in [0.05, 0.1) is 17.0 Å². The number of rotatable bonds is 12. The molecule has 2 aromatic rings. The van der Waals surface area contributed by atoms with Crippen molar-refractivity contribution >= 4 is 40.6 Å². The summed E-state index contributed by atoms with van der Waals surface area (Å²) in [6.07, 6.45) is 2.11. The van der Waals surface area contributed by atoms with E-state index in [0.717, 1.165) is 12.8 Å². The van der Waals surface area contributed by atoms with Crippen molar-refractivity contribution in [3.05, 3.63) is 52.2 Å². The molecule has 160 valence electrons. The second-order valence-electron chi connectivity index (χ2n) is 6.62. The smallest absolute Gasteiger partial charge is 0.338 e. The first kappa shape index (κ1) is 23.3. The van der Waals surface area contributed by atoms with Crippen LogP contribution in [-0.2, 0) is 14.3 Å². The predicted molar refractivity (Wildman–Crippen MR) is 116 cm³/mol. The van der Waals surface area contributed by atoms with Gasteiger partial charge in [-0.05, 0) is 42.1 Å². The van der Waals surface area contributed by atoms with Crippen LogP contribution >= 0.6 is 11.3 Å². The van der Waals surface area contributed by atoms with Crippen molar-refractivity contribution in [3.63, 3.8) is 0 Å².